The molecule has 4 nitrogen and oxygen atoms in total. The molecule has 1 saturated carbocycles. The van der Waals surface area contributed by atoms with Crippen LogP contribution < -0.4 is 4.74 Å². The van der Waals surface area contributed by atoms with Gasteiger partial charge in [-0.25, -0.2) is 0 Å². The first-order valence-corrected chi connectivity index (χ1v) is 9.84. The Morgan fingerprint density at radius 3 is 2.78 bits per heavy atom. The van der Waals surface area contributed by atoms with E-state index in [9.17, 15) is 5.11 Å². The maximum absolute atomic E-state index is 10.7. The summed E-state index contributed by atoms with van der Waals surface area (Å²) in [4.78, 5) is 0. The maximum atomic E-state index is 10.7. The van der Waals surface area contributed by atoms with Crippen LogP contribution in [0.1, 0.15) is 55.9 Å². The van der Waals surface area contributed by atoms with E-state index in [1.807, 2.05) is 37.3 Å². The van der Waals surface area contributed by atoms with Crippen molar-refractivity contribution in [2.24, 2.45) is 5.92 Å². The Labute approximate surface area is 160 Å². The van der Waals surface area contributed by atoms with E-state index in [1.165, 1.54) is 12.0 Å². The Morgan fingerprint density at radius 1 is 1.26 bits per heavy atom. The number of rotatable bonds is 6. The van der Waals surface area contributed by atoms with Crippen LogP contribution in [0, 0.1) is 5.92 Å². The van der Waals surface area contributed by atoms with Crippen LogP contribution in [-0.4, -0.2) is 15.9 Å². The highest BCUT2D eigenvalue weighted by molar-refractivity contribution is 5.60. The molecule has 2 aliphatic rings. The maximum Gasteiger partial charge on any atom is 0.262 e. The van der Waals surface area contributed by atoms with E-state index in [0.717, 1.165) is 36.1 Å². The second-order valence-corrected chi connectivity index (χ2v) is 7.92. The summed E-state index contributed by atoms with van der Waals surface area (Å²) in [6.45, 7) is 2.38. The van der Waals surface area contributed by atoms with Gasteiger partial charge in [0.1, 0.15) is 12.4 Å². The molecule has 1 aromatic carbocycles. The van der Waals surface area contributed by atoms with Crippen molar-refractivity contribution in [1.29, 1.82) is 0 Å². The monoisotopic (exact) mass is 365 g/mol. The van der Waals surface area contributed by atoms with Gasteiger partial charge < -0.3 is 14.4 Å². The summed E-state index contributed by atoms with van der Waals surface area (Å²) in [6.07, 6.45) is 12.1. The minimum atomic E-state index is -0.715. The largest absolute Gasteiger partial charge is 0.470 e. The zero-order chi connectivity index (χ0) is 18.7. The number of aliphatic hydroxyl groups is 1. The molecule has 0 unspecified atom stereocenters. The molecule has 0 spiro atoms. The van der Waals surface area contributed by atoms with Crippen molar-refractivity contribution < 1.29 is 14.4 Å². The van der Waals surface area contributed by atoms with Gasteiger partial charge in [0, 0.05) is 6.42 Å². The van der Waals surface area contributed by atoms with Gasteiger partial charge in [0.2, 0.25) is 0 Å². The Balaban J connectivity index is 1.56. The molecule has 2 aliphatic carbocycles. The van der Waals surface area contributed by atoms with Crippen LogP contribution in [0.2, 0.25) is 0 Å². The molecule has 2 atom stereocenters. The first kappa shape index (κ1) is 18.1. The first-order valence-electron chi connectivity index (χ1n) is 9.84. The van der Waals surface area contributed by atoms with Crippen molar-refractivity contribution in [1.82, 2.24) is 5.16 Å². The van der Waals surface area contributed by atoms with Crippen LogP contribution in [0.3, 0.4) is 0 Å². The van der Waals surface area contributed by atoms with Crippen LogP contribution in [0.15, 0.2) is 52.6 Å². The SMILES string of the molecule is C[C@@]1(O)CC=CC[C@H]1Cc1onc(OCc2ccccc2)c1C=C1CCC1. The summed E-state index contributed by atoms with van der Waals surface area (Å²) in [5.74, 6) is 1.49. The highest BCUT2D eigenvalue weighted by atomic mass is 16.5. The van der Waals surface area contributed by atoms with E-state index in [-0.39, 0.29) is 5.92 Å². The highest BCUT2D eigenvalue weighted by Gasteiger charge is 2.34. The number of hydrogen-bond acceptors (Lipinski definition) is 4. The van der Waals surface area contributed by atoms with E-state index in [2.05, 4.69) is 23.4 Å². The van der Waals surface area contributed by atoms with Crippen molar-refractivity contribution in [3.05, 3.63) is 64.9 Å². The number of aromatic nitrogens is 1. The Morgan fingerprint density at radius 2 is 2.07 bits per heavy atom. The minimum absolute atomic E-state index is 0.121. The molecule has 27 heavy (non-hydrogen) atoms. The van der Waals surface area contributed by atoms with E-state index >= 15 is 0 Å². The van der Waals surface area contributed by atoms with Crippen LogP contribution in [0.25, 0.3) is 6.08 Å². The van der Waals surface area contributed by atoms with Gasteiger partial charge in [-0.3, -0.25) is 0 Å². The average molecular weight is 365 g/mol. The van der Waals surface area contributed by atoms with E-state index in [1.54, 1.807) is 0 Å². The zero-order valence-corrected chi connectivity index (χ0v) is 15.9. The van der Waals surface area contributed by atoms with E-state index in [4.69, 9.17) is 9.26 Å². The smallest absolute Gasteiger partial charge is 0.262 e. The normalized spacial score (nSPS) is 24.5. The van der Waals surface area contributed by atoms with Crippen molar-refractivity contribution in [2.75, 3.05) is 0 Å². The molecule has 2 aromatic rings. The summed E-state index contributed by atoms with van der Waals surface area (Å²) >= 11 is 0. The van der Waals surface area contributed by atoms with Gasteiger partial charge in [0.15, 0.2) is 0 Å². The number of benzene rings is 1. The lowest BCUT2D eigenvalue weighted by Crippen LogP contribution is -2.37. The summed E-state index contributed by atoms with van der Waals surface area (Å²) in [7, 11) is 0. The number of hydrogen-bond donors (Lipinski definition) is 1. The Bertz CT molecular complexity index is 827. The molecule has 1 N–H and O–H groups in total. The van der Waals surface area contributed by atoms with Crippen LogP contribution in [0.5, 0.6) is 5.88 Å². The standard InChI is InChI=1S/C23H27NO3/c1-23(25)13-6-5-12-19(23)15-21-20(14-17-10-7-11-17)22(24-27-21)26-16-18-8-3-2-4-9-18/h2-6,8-9,14,19,25H,7,10-13,15-16H2,1H3/t19-,23+/m0/s1. The summed E-state index contributed by atoms with van der Waals surface area (Å²) < 4.78 is 11.7. The predicted molar refractivity (Wildman–Crippen MR) is 105 cm³/mol. The topological polar surface area (TPSA) is 55.5 Å². The van der Waals surface area contributed by atoms with Crippen LogP contribution in [-0.2, 0) is 13.0 Å². The molecule has 1 fully saturated rings. The van der Waals surface area contributed by atoms with Crippen LogP contribution in [0.4, 0.5) is 0 Å². The molecule has 0 radical (unpaired) electrons. The molecule has 142 valence electrons. The lowest BCUT2D eigenvalue weighted by Gasteiger charge is -2.33. The van der Waals surface area contributed by atoms with Crippen molar-refractivity contribution in [3.8, 4) is 5.88 Å². The number of nitrogens with zero attached hydrogens (tertiary/aromatic N) is 1. The fourth-order valence-electron chi connectivity index (χ4n) is 3.69. The van der Waals surface area contributed by atoms with Gasteiger partial charge in [0.05, 0.1) is 11.2 Å². The minimum Gasteiger partial charge on any atom is -0.470 e. The molecular formula is C23H27NO3. The predicted octanol–water partition coefficient (Wildman–Crippen LogP) is 5.08. The number of allylic oxidation sites excluding steroid dienone is 2. The Kier molecular flexibility index (Phi) is 5.17. The van der Waals surface area contributed by atoms with Crippen LogP contribution >= 0.6 is 0 Å². The quantitative estimate of drug-likeness (QED) is 0.725. The van der Waals surface area contributed by atoms with E-state index in [0.29, 0.717) is 25.3 Å². The van der Waals surface area contributed by atoms with Gasteiger partial charge in [-0.15, -0.1) is 0 Å². The molecule has 4 heteroatoms. The Hall–Kier alpha value is -2.33. The summed E-state index contributed by atoms with van der Waals surface area (Å²) in [6, 6.07) is 10.1. The van der Waals surface area contributed by atoms with Crippen molar-refractivity contribution in [3.63, 3.8) is 0 Å². The first-order chi connectivity index (χ1) is 13.1. The van der Waals surface area contributed by atoms with Gasteiger partial charge >= 0.3 is 0 Å². The summed E-state index contributed by atoms with van der Waals surface area (Å²) in [5.41, 5.74) is 2.75. The van der Waals surface area contributed by atoms with Gasteiger partial charge in [0.25, 0.3) is 5.88 Å². The fourth-order valence-corrected chi connectivity index (χ4v) is 3.69. The third-order valence-corrected chi connectivity index (χ3v) is 5.76. The lowest BCUT2D eigenvalue weighted by molar-refractivity contribution is -0.00435. The molecule has 0 aliphatic heterocycles. The van der Waals surface area contributed by atoms with Gasteiger partial charge in [-0.2, -0.15) is 0 Å². The van der Waals surface area contributed by atoms with Gasteiger partial charge in [-0.1, -0.05) is 48.1 Å². The second-order valence-electron chi connectivity index (χ2n) is 7.92. The summed E-state index contributed by atoms with van der Waals surface area (Å²) in [5, 5.41) is 14.9. The average Bonchev–Trinajstić information content (AvgIpc) is 3.00. The van der Waals surface area contributed by atoms with E-state index < -0.39 is 5.60 Å². The van der Waals surface area contributed by atoms with Crippen molar-refractivity contribution in [2.45, 2.75) is 57.7 Å². The molecule has 1 aromatic heterocycles. The fraction of sp³-hybridized carbons (Fsp3) is 0.435. The molecule has 1 heterocycles. The van der Waals surface area contributed by atoms with Gasteiger partial charge in [-0.05, 0) is 61.7 Å². The lowest BCUT2D eigenvalue weighted by atomic mass is 9.77. The highest BCUT2D eigenvalue weighted by Crippen LogP contribution is 2.37. The molecule has 0 bridgehead atoms. The zero-order valence-electron chi connectivity index (χ0n) is 15.9. The molecule has 0 saturated heterocycles. The molecule has 0 amide bonds. The molecule has 4 rings (SSSR count). The third kappa shape index (κ3) is 4.16. The van der Waals surface area contributed by atoms with Crippen molar-refractivity contribution >= 4 is 6.08 Å². The molecular weight excluding hydrogens is 338 g/mol. The third-order valence-electron chi connectivity index (χ3n) is 5.76. The second kappa shape index (κ2) is 7.73. The number of ether oxygens (including phenoxy) is 1.